The third-order valence-corrected chi connectivity index (χ3v) is 6.12. The maximum Gasteiger partial charge on any atom is 0.411 e. The number of thiophene rings is 1. The molecule has 2 aromatic carbocycles. The van der Waals surface area contributed by atoms with Crippen molar-refractivity contribution in [2.24, 2.45) is 0 Å². The second-order valence-electron chi connectivity index (χ2n) is 6.98. The van der Waals surface area contributed by atoms with E-state index >= 15 is 0 Å². The summed E-state index contributed by atoms with van der Waals surface area (Å²) in [5.41, 5.74) is 2.85. The molecule has 1 amide bonds. The molecular weight excluding hydrogens is 464 g/mol. The molecule has 170 valence electrons. The van der Waals surface area contributed by atoms with Gasteiger partial charge in [-0.15, -0.1) is 11.3 Å². The van der Waals surface area contributed by atoms with Crippen molar-refractivity contribution < 1.29 is 14.3 Å². The van der Waals surface area contributed by atoms with E-state index in [-0.39, 0.29) is 0 Å². The van der Waals surface area contributed by atoms with Gasteiger partial charge in [0.1, 0.15) is 5.75 Å². The van der Waals surface area contributed by atoms with Crippen LogP contribution >= 0.6 is 22.9 Å². The third kappa shape index (κ3) is 4.50. The molecule has 2 aromatic heterocycles. The van der Waals surface area contributed by atoms with Crippen LogP contribution in [0, 0.1) is 6.92 Å². The van der Waals surface area contributed by atoms with Crippen LogP contribution in [-0.4, -0.2) is 29.4 Å². The number of methoxy groups -OCH3 is 1. The number of aromatic nitrogens is 2. The van der Waals surface area contributed by atoms with Gasteiger partial charge in [-0.2, -0.15) is 4.98 Å². The van der Waals surface area contributed by atoms with Gasteiger partial charge in [0.2, 0.25) is 0 Å². The zero-order chi connectivity index (χ0) is 23.5. The lowest BCUT2D eigenvalue weighted by molar-refractivity contribution is 0.187. The number of rotatable bonds is 6. The first-order chi connectivity index (χ1) is 15.9. The maximum atomic E-state index is 13.2. The van der Waals surface area contributed by atoms with Gasteiger partial charge in [-0.05, 0) is 55.1 Å². The van der Waals surface area contributed by atoms with Crippen LogP contribution in [0.5, 0.6) is 5.75 Å². The molecule has 0 saturated carbocycles. The molecule has 10 heteroatoms. The topological polar surface area (TPSA) is 94.5 Å². The number of hydrogen-bond donors (Lipinski definition) is 2. The average Bonchev–Trinajstić information content (AvgIpc) is 3.27. The van der Waals surface area contributed by atoms with Crippen LogP contribution in [0.3, 0.4) is 0 Å². The van der Waals surface area contributed by atoms with Crippen molar-refractivity contribution >= 4 is 56.4 Å². The Morgan fingerprint density at radius 2 is 2.00 bits per heavy atom. The first-order valence-electron chi connectivity index (χ1n) is 10.1. The summed E-state index contributed by atoms with van der Waals surface area (Å²) in [7, 11) is 1.30. The molecule has 0 aliphatic carbocycles. The number of anilines is 3. The molecule has 0 aliphatic rings. The molecule has 4 rings (SSSR count). The third-order valence-electron chi connectivity index (χ3n) is 4.97. The van der Waals surface area contributed by atoms with Crippen LogP contribution in [0.2, 0.25) is 5.02 Å². The molecule has 0 saturated heterocycles. The molecule has 0 aliphatic heterocycles. The van der Waals surface area contributed by atoms with E-state index in [4.69, 9.17) is 16.3 Å². The minimum absolute atomic E-state index is 0.423. The summed E-state index contributed by atoms with van der Waals surface area (Å²) in [5.74, 6) is 0.922. The number of carbonyl (C=O) groups excluding carboxylic acids is 1. The lowest BCUT2D eigenvalue weighted by Gasteiger charge is -2.16. The Labute approximate surface area is 198 Å². The fourth-order valence-electron chi connectivity index (χ4n) is 3.41. The van der Waals surface area contributed by atoms with Crippen molar-refractivity contribution in [1.82, 2.24) is 9.55 Å². The molecule has 0 bridgehead atoms. The molecule has 0 unspecified atom stereocenters. The normalized spacial score (nSPS) is 10.8. The zero-order valence-corrected chi connectivity index (χ0v) is 19.7. The summed E-state index contributed by atoms with van der Waals surface area (Å²) >= 11 is 7.59. The van der Waals surface area contributed by atoms with Gasteiger partial charge in [0, 0.05) is 22.5 Å². The minimum atomic E-state index is -0.565. The fraction of sp³-hybridized carbons (Fsp3) is 0.174. The number of fused-ring (bicyclic) bond motifs is 1. The summed E-state index contributed by atoms with van der Waals surface area (Å²) in [5, 5.41) is 8.32. The summed E-state index contributed by atoms with van der Waals surface area (Å²) in [4.78, 5) is 29.1. The summed E-state index contributed by atoms with van der Waals surface area (Å²) in [6, 6.07) is 12.4. The van der Waals surface area contributed by atoms with Gasteiger partial charge >= 0.3 is 11.8 Å². The Kier molecular flexibility index (Phi) is 6.52. The summed E-state index contributed by atoms with van der Waals surface area (Å²) < 4.78 is 12.7. The number of nitrogens with zero attached hydrogens (tertiary/aromatic N) is 2. The van der Waals surface area contributed by atoms with Crippen molar-refractivity contribution in [2.75, 3.05) is 24.4 Å². The van der Waals surface area contributed by atoms with Crippen molar-refractivity contribution in [3.8, 4) is 11.4 Å². The second-order valence-corrected chi connectivity index (χ2v) is 8.33. The Bertz CT molecular complexity index is 1400. The number of ether oxygens (including phenoxy) is 2. The predicted molar refractivity (Wildman–Crippen MR) is 132 cm³/mol. The van der Waals surface area contributed by atoms with Crippen LogP contribution in [-0.2, 0) is 4.74 Å². The lowest BCUT2D eigenvalue weighted by Crippen LogP contribution is -2.23. The van der Waals surface area contributed by atoms with E-state index in [1.807, 2.05) is 31.4 Å². The first-order valence-corrected chi connectivity index (χ1v) is 11.3. The molecule has 0 fully saturated rings. The van der Waals surface area contributed by atoms with Gasteiger partial charge in [0.15, 0.2) is 5.82 Å². The Morgan fingerprint density at radius 1 is 1.21 bits per heavy atom. The summed E-state index contributed by atoms with van der Waals surface area (Å²) in [6.45, 7) is 4.14. The number of hydrogen-bond acceptors (Lipinski definition) is 7. The predicted octanol–water partition coefficient (Wildman–Crippen LogP) is 5.73. The van der Waals surface area contributed by atoms with Crippen molar-refractivity contribution in [2.45, 2.75) is 13.8 Å². The van der Waals surface area contributed by atoms with E-state index < -0.39 is 11.8 Å². The van der Waals surface area contributed by atoms with Gasteiger partial charge in [0.25, 0.3) is 0 Å². The largest absolute Gasteiger partial charge is 0.492 e. The van der Waals surface area contributed by atoms with Crippen LogP contribution in [0.15, 0.2) is 52.6 Å². The number of halogens is 1. The van der Waals surface area contributed by atoms with Crippen molar-refractivity contribution in [1.29, 1.82) is 0 Å². The Morgan fingerprint density at radius 3 is 2.76 bits per heavy atom. The van der Waals surface area contributed by atoms with E-state index in [0.29, 0.717) is 45.8 Å². The van der Waals surface area contributed by atoms with Gasteiger partial charge in [-0.1, -0.05) is 17.7 Å². The SMILES string of the molecule is CCOc1cc(Cl)ccc1-n1c(=O)nc(Nc2cccc(NC(=O)OC)c2C)c2sccc21. The number of nitrogens with one attached hydrogen (secondary N) is 2. The molecule has 2 heterocycles. The van der Waals surface area contributed by atoms with E-state index in [2.05, 4.69) is 20.4 Å². The highest BCUT2D eigenvalue weighted by Gasteiger charge is 2.18. The smallest absolute Gasteiger partial charge is 0.411 e. The number of amides is 1. The molecule has 8 nitrogen and oxygen atoms in total. The average molecular weight is 485 g/mol. The van der Waals surface area contributed by atoms with Crippen LogP contribution < -0.4 is 21.1 Å². The van der Waals surface area contributed by atoms with E-state index in [9.17, 15) is 9.59 Å². The van der Waals surface area contributed by atoms with Crippen molar-refractivity contribution in [3.63, 3.8) is 0 Å². The van der Waals surface area contributed by atoms with Crippen LogP contribution in [0.25, 0.3) is 15.9 Å². The molecule has 0 radical (unpaired) electrons. The van der Waals surface area contributed by atoms with Crippen molar-refractivity contribution in [3.05, 3.63) is 68.9 Å². The lowest BCUT2D eigenvalue weighted by atomic mass is 10.1. The quantitative estimate of drug-likeness (QED) is 0.363. The van der Waals surface area contributed by atoms with E-state index in [0.717, 1.165) is 10.3 Å². The molecule has 4 aromatic rings. The summed E-state index contributed by atoms with van der Waals surface area (Å²) in [6.07, 6.45) is -0.565. The molecular formula is C23H21ClN4O4S. The van der Waals surface area contributed by atoms with Crippen LogP contribution in [0.4, 0.5) is 22.0 Å². The van der Waals surface area contributed by atoms with Gasteiger partial charge in [-0.25, -0.2) is 9.59 Å². The molecule has 2 N–H and O–H groups in total. The van der Waals surface area contributed by atoms with Gasteiger partial charge in [-0.3, -0.25) is 9.88 Å². The van der Waals surface area contributed by atoms with E-state index in [1.54, 1.807) is 30.3 Å². The number of benzene rings is 2. The standard InChI is InChI=1S/C23H21ClN4O4S/c1-4-32-19-12-14(24)8-9-17(19)28-18-10-11-33-20(18)21(27-22(28)29)25-15-6-5-7-16(13(15)2)26-23(30)31-3/h5-12H,4H2,1-3H3,(H,26,30)(H,25,27,29). The highest BCUT2D eigenvalue weighted by molar-refractivity contribution is 7.17. The van der Waals surface area contributed by atoms with Gasteiger partial charge < -0.3 is 14.8 Å². The Hall–Kier alpha value is -3.56. The monoisotopic (exact) mass is 484 g/mol. The Balaban J connectivity index is 1.80. The number of carbonyl (C=O) groups is 1. The fourth-order valence-corrected chi connectivity index (χ4v) is 4.40. The van der Waals surface area contributed by atoms with E-state index in [1.165, 1.54) is 23.0 Å². The minimum Gasteiger partial charge on any atom is -0.492 e. The molecule has 33 heavy (non-hydrogen) atoms. The van der Waals surface area contributed by atoms with Crippen LogP contribution in [0.1, 0.15) is 12.5 Å². The van der Waals surface area contributed by atoms with Gasteiger partial charge in [0.05, 0.1) is 29.6 Å². The first kappa shape index (κ1) is 22.6. The maximum absolute atomic E-state index is 13.2. The molecule has 0 spiro atoms. The highest BCUT2D eigenvalue weighted by Crippen LogP contribution is 2.34. The molecule has 0 atom stereocenters. The second kappa shape index (κ2) is 9.51. The highest BCUT2D eigenvalue weighted by atomic mass is 35.5. The zero-order valence-electron chi connectivity index (χ0n) is 18.1.